The van der Waals surface area contributed by atoms with Crippen molar-refractivity contribution in [3.8, 4) is 0 Å². The molecule has 0 atom stereocenters. The largest absolute Gasteiger partial charge is 0.316 e. The lowest BCUT2D eigenvalue weighted by Crippen LogP contribution is -1.92. The highest BCUT2D eigenvalue weighted by Gasteiger charge is 2.11. The Labute approximate surface area is 113 Å². The molecule has 0 bridgehead atoms. The second-order valence-corrected chi connectivity index (χ2v) is 5.02. The Morgan fingerprint density at radius 3 is 2.58 bits per heavy atom. The van der Waals surface area contributed by atoms with Crippen LogP contribution in [0.15, 0.2) is 61.2 Å². The van der Waals surface area contributed by atoms with Crippen LogP contribution in [0.4, 0.5) is 0 Å². The number of nitrogens with zero attached hydrogens (tertiary/aromatic N) is 1. The molecule has 0 aliphatic heterocycles. The third-order valence-corrected chi connectivity index (χ3v) is 3.49. The average molecular weight is 247 g/mol. The van der Waals surface area contributed by atoms with Crippen LogP contribution in [-0.4, -0.2) is 4.57 Å². The SMILES string of the molecule is C=Cn1c2ccccc2c2cccc(CC(=C)C)c21. The van der Waals surface area contributed by atoms with Crippen molar-refractivity contribution in [2.24, 2.45) is 0 Å². The number of rotatable bonds is 3. The topological polar surface area (TPSA) is 4.93 Å². The van der Waals surface area contributed by atoms with Gasteiger partial charge in [0.2, 0.25) is 0 Å². The van der Waals surface area contributed by atoms with E-state index in [-0.39, 0.29) is 0 Å². The van der Waals surface area contributed by atoms with Gasteiger partial charge < -0.3 is 4.57 Å². The summed E-state index contributed by atoms with van der Waals surface area (Å²) in [7, 11) is 0. The van der Waals surface area contributed by atoms with Gasteiger partial charge in [0.25, 0.3) is 0 Å². The standard InChI is InChI=1S/C18H17N/c1-4-19-17-11-6-5-9-15(17)16-10-7-8-14(18(16)19)12-13(2)3/h4-11H,1-2,12H2,3H3. The van der Waals surface area contributed by atoms with Gasteiger partial charge in [-0.25, -0.2) is 0 Å². The van der Waals surface area contributed by atoms with E-state index in [4.69, 9.17) is 0 Å². The van der Waals surface area contributed by atoms with Crippen LogP contribution in [0.2, 0.25) is 0 Å². The zero-order chi connectivity index (χ0) is 13.4. The Bertz CT molecular complexity index is 790. The van der Waals surface area contributed by atoms with E-state index in [1.54, 1.807) is 0 Å². The first kappa shape index (κ1) is 11.8. The van der Waals surface area contributed by atoms with Gasteiger partial charge >= 0.3 is 0 Å². The van der Waals surface area contributed by atoms with Gasteiger partial charge in [-0.1, -0.05) is 55.1 Å². The molecule has 1 aromatic heterocycles. The summed E-state index contributed by atoms with van der Waals surface area (Å²) in [6.45, 7) is 10.1. The molecule has 1 heterocycles. The van der Waals surface area contributed by atoms with E-state index in [0.717, 1.165) is 6.42 Å². The average Bonchev–Trinajstić information content (AvgIpc) is 2.73. The molecule has 1 nitrogen and oxygen atoms in total. The van der Waals surface area contributed by atoms with Crippen LogP contribution < -0.4 is 0 Å². The summed E-state index contributed by atoms with van der Waals surface area (Å²) < 4.78 is 2.18. The van der Waals surface area contributed by atoms with E-state index in [0.29, 0.717) is 0 Å². The lowest BCUT2D eigenvalue weighted by Gasteiger charge is -2.06. The number of hydrogen-bond donors (Lipinski definition) is 0. The highest BCUT2D eigenvalue weighted by atomic mass is 15.0. The second kappa shape index (κ2) is 4.43. The molecular formula is C18H17N. The number of fused-ring (bicyclic) bond motifs is 3. The van der Waals surface area contributed by atoms with Gasteiger partial charge in [0.1, 0.15) is 0 Å². The van der Waals surface area contributed by atoms with Crippen molar-refractivity contribution in [3.63, 3.8) is 0 Å². The fourth-order valence-electron chi connectivity index (χ4n) is 2.78. The summed E-state index contributed by atoms with van der Waals surface area (Å²) in [5.74, 6) is 0. The van der Waals surface area contributed by atoms with Gasteiger partial charge in [-0.2, -0.15) is 0 Å². The summed E-state index contributed by atoms with van der Waals surface area (Å²) in [5, 5.41) is 2.57. The van der Waals surface area contributed by atoms with Crippen molar-refractivity contribution < 1.29 is 0 Å². The Morgan fingerprint density at radius 2 is 1.84 bits per heavy atom. The molecule has 2 aromatic carbocycles. The van der Waals surface area contributed by atoms with E-state index in [1.807, 2.05) is 6.20 Å². The molecule has 0 saturated heterocycles. The number of benzene rings is 2. The van der Waals surface area contributed by atoms with Crippen molar-refractivity contribution >= 4 is 28.0 Å². The minimum absolute atomic E-state index is 0.904. The summed E-state index contributed by atoms with van der Waals surface area (Å²) >= 11 is 0. The number of allylic oxidation sites excluding steroid dienone is 1. The summed E-state index contributed by atoms with van der Waals surface area (Å²) in [6.07, 6.45) is 2.80. The Hall–Kier alpha value is -2.28. The monoisotopic (exact) mass is 247 g/mol. The summed E-state index contributed by atoms with van der Waals surface area (Å²) in [4.78, 5) is 0. The first-order chi connectivity index (χ1) is 9.22. The molecule has 0 unspecified atom stereocenters. The molecule has 0 spiro atoms. The first-order valence-corrected chi connectivity index (χ1v) is 6.50. The number of para-hydroxylation sites is 2. The Balaban J connectivity index is 2.48. The van der Waals surface area contributed by atoms with Crippen molar-refractivity contribution in [1.82, 2.24) is 4.57 Å². The molecule has 3 aromatic rings. The third kappa shape index (κ3) is 1.78. The number of hydrogen-bond acceptors (Lipinski definition) is 0. The summed E-state index contributed by atoms with van der Waals surface area (Å²) in [6, 6.07) is 14.9. The molecule has 1 heteroatoms. The van der Waals surface area contributed by atoms with Crippen LogP contribution in [0.25, 0.3) is 28.0 Å². The van der Waals surface area contributed by atoms with Crippen molar-refractivity contribution in [2.45, 2.75) is 13.3 Å². The van der Waals surface area contributed by atoms with Gasteiger partial charge in [-0.15, -0.1) is 0 Å². The maximum atomic E-state index is 4.03. The molecule has 0 radical (unpaired) electrons. The van der Waals surface area contributed by atoms with Gasteiger partial charge in [0.15, 0.2) is 0 Å². The van der Waals surface area contributed by atoms with Gasteiger partial charge in [-0.3, -0.25) is 0 Å². The van der Waals surface area contributed by atoms with E-state index in [9.17, 15) is 0 Å². The maximum Gasteiger partial charge on any atom is 0.0569 e. The van der Waals surface area contributed by atoms with Crippen LogP contribution in [0.5, 0.6) is 0 Å². The fourth-order valence-corrected chi connectivity index (χ4v) is 2.78. The first-order valence-electron chi connectivity index (χ1n) is 6.50. The minimum Gasteiger partial charge on any atom is -0.316 e. The Kier molecular flexibility index (Phi) is 2.75. The van der Waals surface area contributed by atoms with E-state index >= 15 is 0 Å². The predicted molar refractivity (Wildman–Crippen MR) is 84.3 cm³/mol. The van der Waals surface area contributed by atoms with E-state index < -0.39 is 0 Å². The maximum absolute atomic E-state index is 4.03. The minimum atomic E-state index is 0.904. The van der Waals surface area contributed by atoms with Crippen molar-refractivity contribution in [3.05, 3.63) is 66.8 Å². The Morgan fingerprint density at radius 1 is 1.11 bits per heavy atom. The fraction of sp³-hybridized carbons (Fsp3) is 0.111. The molecule has 19 heavy (non-hydrogen) atoms. The molecule has 0 aliphatic rings. The lowest BCUT2D eigenvalue weighted by atomic mass is 10.0. The van der Waals surface area contributed by atoms with Crippen LogP contribution in [0, 0.1) is 0 Å². The predicted octanol–water partition coefficient (Wildman–Crippen LogP) is 5.01. The highest BCUT2D eigenvalue weighted by molar-refractivity contribution is 6.10. The molecular weight excluding hydrogens is 230 g/mol. The van der Waals surface area contributed by atoms with Crippen molar-refractivity contribution in [1.29, 1.82) is 0 Å². The molecule has 3 rings (SSSR count). The summed E-state index contributed by atoms with van der Waals surface area (Å²) in [5.41, 5.74) is 4.94. The third-order valence-electron chi connectivity index (χ3n) is 3.49. The zero-order valence-electron chi connectivity index (χ0n) is 11.2. The van der Waals surface area contributed by atoms with Crippen LogP contribution in [-0.2, 0) is 6.42 Å². The molecule has 0 fully saturated rings. The molecule has 94 valence electrons. The van der Waals surface area contributed by atoms with Gasteiger partial charge in [0.05, 0.1) is 11.0 Å². The highest BCUT2D eigenvalue weighted by Crippen LogP contribution is 2.32. The zero-order valence-corrected chi connectivity index (χ0v) is 11.2. The second-order valence-electron chi connectivity index (χ2n) is 5.02. The smallest absolute Gasteiger partial charge is 0.0569 e. The van der Waals surface area contributed by atoms with E-state index in [1.165, 1.54) is 32.9 Å². The lowest BCUT2D eigenvalue weighted by molar-refractivity contribution is 1.15. The van der Waals surface area contributed by atoms with Crippen LogP contribution in [0.1, 0.15) is 12.5 Å². The molecule has 0 N–H and O–H groups in total. The molecule has 0 aliphatic carbocycles. The normalized spacial score (nSPS) is 11.0. The van der Waals surface area contributed by atoms with Gasteiger partial charge in [-0.05, 0) is 25.0 Å². The molecule has 0 saturated carbocycles. The number of aromatic nitrogens is 1. The quantitative estimate of drug-likeness (QED) is 0.573. The van der Waals surface area contributed by atoms with Crippen LogP contribution >= 0.6 is 0 Å². The molecule has 0 amide bonds. The van der Waals surface area contributed by atoms with E-state index in [2.05, 4.69) is 67.1 Å². The van der Waals surface area contributed by atoms with Crippen molar-refractivity contribution in [2.75, 3.05) is 0 Å². The van der Waals surface area contributed by atoms with Crippen LogP contribution in [0.3, 0.4) is 0 Å². The van der Waals surface area contributed by atoms with Gasteiger partial charge in [0, 0.05) is 17.0 Å².